The van der Waals surface area contributed by atoms with E-state index in [9.17, 15) is 18.0 Å². The van der Waals surface area contributed by atoms with Crippen molar-refractivity contribution in [1.29, 1.82) is 0 Å². The number of esters is 1. The van der Waals surface area contributed by atoms with Crippen molar-refractivity contribution >= 4 is 61.8 Å². The van der Waals surface area contributed by atoms with Crippen LogP contribution in [-0.4, -0.2) is 32.0 Å². The summed E-state index contributed by atoms with van der Waals surface area (Å²) in [6, 6.07) is 4.28. The largest absolute Gasteiger partial charge is 0.453 e. The first-order valence-electron chi connectivity index (χ1n) is 7.32. The number of rotatable bonds is 6. The van der Waals surface area contributed by atoms with E-state index in [0.717, 1.165) is 11.3 Å². The lowest BCUT2D eigenvalue weighted by Crippen LogP contribution is -2.17. The van der Waals surface area contributed by atoms with Crippen LogP contribution in [0.15, 0.2) is 28.5 Å². The summed E-state index contributed by atoms with van der Waals surface area (Å²) >= 11 is 12.5. The van der Waals surface area contributed by atoms with Crippen molar-refractivity contribution in [2.24, 2.45) is 0 Å². The Labute approximate surface area is 164 Å². The molecule has 0 radical (unpaired) electrons. The van der Waals surface area contributed by atoms with Crippen LogP contribution >= 0.6 is 34.5 Å². The molecule has 0 atom stereocenters. The number of thiophene rings is 1. The van der Waals surface area contributed by atoms with E-state index in [-0.39, 0.29) is 26.0 Å². The van der Waals surface area contributed by atoms with Gasteiger partial charge in [0.2, 0.25) is 0 Å². The third kappa shape index (κ3) is 4.20. The quantitative estimate of drug-likeness (QED) is 0.545. The summed E-state index contributed by atoms with van der Waals surface area (Å²) in [6.07, 6.45) is 0. The van der Waals surface area contributed by atoms with Crippen LogP contribution in [0.3, 0.4) is 0 Å². The average molecular weight is 436 g/mol. The number of hydrogen-bond donors (Lipinski definition) is 1. The van der Waals surface area contributed by atoms with Crippen LogP contribution in [0.2, 0.25) is 10.0 Å². The number of Topliss-reactive ketones (excluding diaryl/α,β-unsaturated/α-hetero) is 1. The van der Waals surface area contributed by atoms with Crippen LogP contribution < -0.4 is 5.73 Å². The zero-order chi connectivity index (χ0) is 19.6. The lowest BCUT2D eigenvalue weighted by atomic mass is 10.1. The number of ether oxygens (including phenoxy) is 1. The van der Waals surface area contributed by atoms with Gasteiger partial charge in [0.15, 0.2) is 22.2 Å². The first-order chi connectivity index (χ1) is 12.1. The summed E-state index contributed by atoms with van der Waals surface area (Å²) in [6.45, 7) is 2.49. The van der Waals surface area contributed by atoms with Crippen molar-refractivity contribution in [2.45, 2.75) is 24.0 Å². The second-order valence-corrected chi connectivity index (χ2v) is 9.73. The third-order valence-electron chi connectivity index (χ3n) is 3.48. The number of nitrogen functional groups attached to an aromatic ring is 1. The zero-order valence-corrected chi connectivity index (χ0v) is 16.9. The Kier molecular flexibility index (Phi) is 6.33. The molecule has 1 aromatic heterocycles. The topological polar surface area (TPSA) is 104 Å². The van der Waals surface area contributed by atoms with E-state index >= 15 is 0 Å². The van der Waals surface area contributed by atoms with Gasteiger partial charge in [-0.25, -0.2) is 13.2 Å². The molecule has 2 aromatic rings. The van der Waals surface area contributed by atoms with Gasteiger partial charge in [-0.2, -0.15) is 0 Å². The molecule has 26 heavy (non-hydrogen) atoms. The number of ketones is 1. The first-order valence-corrected chi connectivity index (χ1v) is 10.5. The van der Waals surface area contributed by atoms with Crippen molar-refractivity contribution in [3.8, 4) is 0 Å². The molecule has 2 N–H and O–H groups in total. The minimum Gasteiger partial charge on any atom is -0.453 e. The fraction of sp³-hybridized carbons (Fsp3) is 0.250. The summed E-state index contributed by atoms with van der Waals surface area (Å²) in [5.74, 6) is -1.35. The molecule has 10 heteroatoms. The number of benzene rings is 1. The molecule has 0 unspecified atom stereocenters. The number of nitrogens with two attached hydrogens (primary N) is 1. The van der Waals surface area contributed by atoms with Crippen LogP contribution in [0.1, 0.15) is 33.9 Å². The van der Waals surface area contributed by atoms with Crippen LogP contribution in [0.4, 0.5) is 5.69 Å². The lowest BCUT2D eigenvalue weighted by molar-refractivity contribution is 0.0480. The summed E-state index contributed by atoms with van der Waals surface area (Å²) in [7, 11) is -3.62. The van der Waals surface area contributed by atoms with Crippen molar-refractivity contribution in [2.75, 3.05) is 12.3 Å². The van der Waals surface area contributed by atoms with E-state index in [2.05, 4.69) is 0 Å². The molecule has 0 aliphatic rings. The Morgan fingerprint density at radius 1 is 1.23 bits per heavy atom. The number of hydrogen-bond acceptors (Lipinski definition) is 7. The summed E-state index contributed by atoms with van der Waals surface area (Å²) < 4.78 is 29.3. The van der Waals surface area contributed by atoms with E-state index in [4.69, 9.17) is 33.7 Å². The van der Waals surface area contributed by atoms with E-state index in [1.54, 1.807) is 0 Å². The number of carbonyl (C=O) groups is 2. The Morgan fingerprint density at radius 3 is 2.46 bits per heavy atom. The highest BCUT2D eigenvalue weighted by atomic mass is 35.5. The molecule has 0 spiro atoms. The van der Waals surface area contributed by atoms with E-state index in [1.807, 2.05) is 0 Å². The van der Waals surface area contributed by atoms with Crippen LogP contribution in [0.5, 0.6) is 0 Å². The molecule has 0 aliphatic heterocycles. The predicted molar refractivity (Wildman–Crippen MR) is 102 cm³/mol. The van der Waals surface area contributed by atoms with Gasteiger partial charge in [-0.05, 0) is 32.0 Å². The van der Waals surface area contributed by atoms with Gasteiger partial charge in [0.1, 0.15) is 9.77 Å². The zero-order valence-electron chi connectivity index (χ0n) is 13.8. The Bertz CT molecular complexity index is 967. The van der Waals surface area contributed by atoms with Crippen molar-refractivity contribution < 1.29 is 22.7 Å². The molecule has 0 fully saturated rings. The molecular formula is C16H15Cl2NO5S2. The Hall–Kier alpha value is -1.61. The number of carbonyl (C=O) groups excluding carboxylic acids is 2. The molecule has 0 bridgehead atoms. The Balaban J connectivity index is 2.12. The molecule has 0 aliphatic carbocycles. The number of sulfone groups is 1. The van der Waals surface area contributed by atoms with Gasteiger partial charge in [0.05, 0.1) is 21.0 Å². The lowest BCUT2D eigenvalue weighted by Gasteiger charge is -2.07. The highest BCUT2D eigenvalue weighted by Crippen LogP contribution is 2.32. The maximum Gasteiger partial charge on any atom is 0.350 e. The minimum atomic E-state index is -3.62. The van der Waals surface area contributed by atoms with Crippen molar-refractivity contribution in [3.63, 3.8) is 0 Å². The standard InChI is InChI=1S/C16H15Cl2NO5S2/c1-8(2)26(22,23)13-7-25-15(14(13)19)16(21)24-6-12(20)9-3-4-10(17)11(18)5-9/h3-5,7-8H,6,19H2,1-2H3. The number of anilines is 1. The molecule has 1 aromatic carbocycles. The van der Waals surface area contributed by atoms with Crippen LogP contribution in [0, 0.1) is 0 Å². The van der Waals surface area contributed by atoms with Crippen LogP contribution in [-0.2, 0) is 14.6 Å². The highest BCUT2D eigenvalue weighted by molar-refractivity contribution is 7.92. The van der Waals surface area contributed by atoms with Crippen LogP contribution in [0.25, 0.3) is 0 Å². The van der Waals surface area contributed by atoms with Gasteiger partial charge in [0, 0.05) is 10.9 Å². The van der Waals surface area contributed by atoms with Gasteiger partial charge in [-0.1, -0.05) is 23.2 Å². The predicted octanol–water partition coefficient (Wildman–Crippen LogP) is 3.86. The maximum absolute atomic E-state index is 12.2. The second kappa shape index (κ2) is 7.96. The normalized spacial score (nSPS) is 11.6. The smallest absolute Gasteiger partial charge is 0.350 e. The fourth-order valence-corrected chi connectivity index (χ4v) is 4.64. The average Bonchev–Trinajstić information content (AvgIpc) is 2.97. The van der Waals surface area contributed by atoms with Gasteiger partial charge < -0.3 is 10.5 Å². The summed E-state index contributed by atoms with van der Waals surface area (Å²) in [4.78, 5) is 24.1. The minimum absolute atomic E-state index is 0.0637. The fourth-order valence-electron chi connectivity index (χ4n) is 1.93. The van der Waals surface area contributed by atoms with E-state index in [1.165, 1.54) is 37.4 Å². The molecule has 6 nitrogen and oxygen atoms in total. The SMILES string of the molecule is CC(C)S(=O)(=O)c1csc(C(=O)OCC(=O)c2ccc(Cl)c(Cl)c2)c1N. The maximum atomic E-state index is 12.2. The summed E-state index contributed by atoms with van der Waals surface area (Å²) in [5.41, 5.74) is 5.86. The molecular weight excluding hydrogens is 421 g/mol. The molecule has 0 amide bonds. The van der Waals surface area contributed by atoms with Crippen molar-refractivity contribution in [1.82, 2.24) is 0 Å². The van der Waals surface area contributed by atoms with E-state index < -0.39 is 33.4 Å². The van der Waals surface area contributed by atoms with Gasteiger partial charge >= 0.3 is 5.97 Å². The van der Waals surface area contributed by atoms with Gasteiger partial charge in [0.25, 0.3) is 0 Å². The molecule has 1 heterocycles. The van der Waals surface area contributed by atoms with Gasteiger partial charge in [-0.3, -0.25) is 4.79 Å². The second-order valence-electron chi connectivity index (χ2n) is 5.56. The van der Waals surface area contributed by atoms with Gasteiger partial charge in [-0.15, -0.1) is 11.3 Å². The summed E-state index contributed by atoms with van der Waals surface area (Å²) in [5, 5.41) is 1.11. The van der Waals surface area contributed by atoms with Crippen molar-refractivity contribution in [3.05, 3.63) is 44.1 Å². The highest BCUT2D eigenvalue weighted by Gasteiger charge is 2.28. The number of halogens is 2. The Morgan fingerprint density at radius 2 is 1.88 bits per heavy atom. The molecule has 2 rings (SSSR count). The molecule has 140 valence electrons. The monoisotopic (exact) mass is 435 g/mol. The molecule has 0 saturated carbocycles. The van der Waals surface area contributed by atoms with E-state index in [0.29, 0.717) is 5.02 Å². The molecule has 0 saturated heterocycles. The third-order valence-corrected chi connectivity index (χ3v) is 7.54. The first kappa shape index (κ1) is 20.7.